The fraction of sp³-hybridized carbons (Fsp3) is 0.625. The lowest BCUT2D eigenvalue weighted by Gasteiger charge is -2.37. The van der Waals surface area contributed by atoms with Gasteiger partial charge in [0.2, 0.25) is 0 Å². The van der Waals surface area contributed by atoms with Gasteiger partial charge in [-0.3, -0.25) is 0 Å². The molecule has 0 heterocycles. The van der Waals surface area contributed by atoms with Crippen molar-refractivity contribution in [2.45, 2.75) is 45.1 Å². The highest BCUT2D eigenvalue weighted by Gasteiger charge is 2.39. The second-order valence-corrected chi connectivity index (χ2v) is 5.54. The Morgan fingerprint density at radius 2 is 2.05 bits per heavy atom. The number of hydrogen-bond donors (Lipinski definition) is 1. The van der Waals surface area contributed by atoms with Crippen LogP contribution in [0, 0.1) is 11.2 Å². The van der Waals surface area contributed by atoms with Crippen molar-refractivity contribution < 1.29 is 9.13 Å². The maximum Gasteiger partial charge on any atom is 0.165 e. The van der Waals surface area contributed by atoms with Crippen molar-refractivity contribution in [2.75, 3.05) is 14.2 Å². The van der Waals surface area contributed by atoms with Crippen LogP contribution in [0.15, 0.2) is 18.2 Å². The third-order valence-corrected chi connectivity index (χ3v) is 4.71. The first-order chi connectivity index (χ1) is 9.16. The first-order valence-corrected chi connectivity index (χ1v) is 7.17. The molecule has 0 radical (unpaired) electrons. The van der Waals surface area contributed by atoms with E-state index < -0.39 is 0 Å². The summed E-state index contributed by atoms with van der Waals surface area (Å²) in [4.78, 5) is 0. The third kappa shape index (κ3) is 2.62. The largest absolute Gasteiger partial charge is 0.494 e. The van der Waals surface area contributed by atoms with Gasteiger partial charge in [0, 0.05) is 6.04 Å². The Labute approximate surface area is 115 Å². The highest BCUT2D eigenvalue weighted by molar-refractivity contribution is 5.32. The van der Waals surface area contributed by atoms with Crippen LogP contribution >= 0.6 is 0 Å². The highest BCUT2D eigenvalue weighted by Crippen LogP contribution is 2.50. The van der Waals surface area contributed by atoms with E-state index in [4.69, 9.17) is 4.74 Å². The third-order valence-electron chi connectivity index (χ3n) is 4.71. The Hall–Kier alpha value is -1.09. The van der Waals surface area contributed by atoms with E-state index >= 15 is 0 Å². The quantitative estimate of drug-likeness (QED) is 0.866. The Morgan fingerprint density at radius 1 is 1.37 bits per heavy atom. The molecule has 1 fully saturated rings. The minimum absolute atomic E-state index is 0.223. The van der Waals surface area contributed by atoms with E-state index in [0.717, 1.165) is 12.0 Å². The summed E-state index contributed by atoms with van der Waals surface area (Å²) in [6.07, 6.45) is 6.15. The summed E-state index contributed by atoms with van der Waals surface area (Å²) in [5.74, 6) is 0.0417. The maximum atomic E-state index is 13.9. The van der Waals surface area contributed by atoms with Gasteiger partial charge in [-0.15, -0.1) is 0 Å². The van der Waals surface area contributed by atoms with Gasteiger partial charge in [-0.1, -0.05) is 25.8 Å². The predicted molar refractivity (Wildman–Crippen MR) is 75.9 cm³/mol. The van der Waals surface area contributed by atoms with Crippen molar-refractivity contribution in [3.63, 3.8) is 0 Å². The van der Waals surface area contributed by atoms with Crippen molar-refractivity contribution in [1.82, 2.24) is 5.32 Å². The van der Waals surface area contributed by atoms with Crippen LogP contribution in [0.5, 0.6) is 5.75 Å². The molecule has 3 heteroatoms. The monoisotopic (exact) mass is 265 g/mol. The van der Waals surface area contributed by atoms with Crippen LogP contribution in [0.1, 0.15) is 50.6 Å². The molecular formula is C16H24FNO. The number of benzene rings is 1. The molecule has 0 saturated heterocycles. The summed E-state index contributed by atoms with van der Waals surface area (Å²) in [6, 6.07) is 5.56. The van der Waals surface area contributed by atoms with E-state index in [-0.39, 0.29) is 17.3 Å². The molecule has 1 aliphatic rings. The number of rotatable bonds is 5. The zero-order valence-electron chi connectivity index (χ0n) is 12.1. The van der Waals surface area contributed by atoms with Gasteiger partial charge < -0.3 is 10.1 Å². The molecule has 106 valence electrons. The molecule has 1 aromatic rings. The molecule has 1 unspecified atom stereocenters. The van der Waals surface area contributed by atoms with Gasteiger partial charge in [-0.2, -0.15) is 0 Å². The number of nitrogens with one attached hydrogen (secondary N) is 1. The Bertz CT molecular complexity index is 427. The van der Waals surface area contributed by atoms with Crippen molar-refractivity contribution in [3.05, 3.63) is 29.6 Å². The average molecular weight is 265 g/mol. The fourth-order valence-electron chi connectivity index (χ4n) is 3.61. The van der Waals surface area contributed by atoms with Crippen LogP contribution in [0.4, 0.5) is 4.39 Å². The molecule has 1 aliphatic carbocycles. The standard InChI is InChI=1S/C16H24FNO/c1-4-16(9-5-6-10-16)15(18-2)12-7-8-14(19-3)13(17)11-12/h7-8,11,15,18H,4-6,9-10H2,1-3H3. The van der Waals surface area contributed by atoms with Gasteiger partial charge in [0.25, 0.3) is 0 Å². The summed E-state index contributed by atoms with van der Waals surface area (Å²) < 4.78 is 18.9. The molecule has 2 nitrogen and oxygen atoms in total. The Balaban J connectivity index is 2.33. The molecule has 1 saturated carbocycles. The van der Waals surface area contributed by atoms with Crippen LogP contribution in [0.25, 0.3) is 0 Å². The van der Waals surface area contributed by atoms with E-state index in [1.54, 1.807) is 12.1 Å². The first kappa shape index (κ1) is 14.3. The number of hydrogen-bond acceptors (Lipinski definition) is 2. The van der Waals surface area contributed by atoms with Gasteiger partial charge in [0.1, 0.15) is 0 Å². The van der Waals surface area contributed by atoms with E-state index in [9.17, 15) is 4.39 Å². The molecule has 1 atom stereocenters. The van der Waals surface area contributed by atoms with Crippen LogP contribution in [-0.4, -0.2) is 14.2 Å². The van der Waals surface area contributed by atoms with Crippen molar-refractivity contribution in [2.24, 2.45) is 5.41 Å². The summed E-state index contributed by atoms with van der Waals surface area (Å²) in [6.45, 7) is 2.25. The van der Waals surface area contributed by atoms with Crippen LogP contribution in [0.3, 0.4) is 0 Å². The van der Waals surface area contributed by atoms with Gasteiger partial charge >= 0.3 is 0 Å². The minimum atomic E-state index is -0.274. The Kier molecular flexibility index (Phi) is 4.46. The van der Waals surface area contributed by atoms with Crippen molar-refractivity contribution in [1.29, 1.82) is 0 Å². The van der Waals surface area contributed by atoms with Gasteiger partial charge in [-0.05, 0) is 49.4 Å². The van der Waals surface area contributed by atoms with Crippen LogP contribution < -0.4 is 10.1 Å². The number of ether oxygens (including phenoxy) is 1. The van der Waals surface area contributed by atoms with E-state index in [1.165, 1.54) is 32.8 Å². The van der Waals surface area contributed by atoms with E-state index in [1.807, 2.05) is 13.1 Å². The summed E-state index contributed by atoms with van der Waals surface area (Å²) >= 11 is 0. The molecule has 2 rings (SSSR count). The average Bonchev–Trinajstić information content (AvgIpc) is 2.90. The SMILES string of the molecule is CCC1(C(NC)c2ccc(OC)c(F)c2)CCCC1. The predicted octanol–water partition coefficient (Wildman–Crippen LogP) is 4.07. The molecule has 0 aliphatic heterocycles. The van der Waals surface area contributed by atoms with Gasteiger partial charge in [0.15, 0.2) is 11.6 Å². The maximum absolute atomic E-state index is 13.9. The lowest BCUT2D eigenvalue weighted by molar-refractivity contribution is 0.195. The summed E-state index contributed by atoms with van der Waals surface area (Å²) in [5, 5.41) is 3.41. The summed E-state index contributed by atoms with van der Waals surface area (Å²) in [7, 11) is 3.47. The molecule has 19 heavy (non-hydrogen) atoms. The lowest BCUT2D eigenvalue weighted by atomic mass is 9.73. The first-order valence-electron chi connectivity index (χ1n) is 7.17. The van der Waals surface area contributed by atoms with Crippen LogP contribution in [-0.2, 0) is 0 Å². The topological polar surface area (TPSA) is 21.3 Å². The molecule has 1 N–H and O–H groups in total. The normalized spacial score (nSPS) is 19.4. The fourth-order valence-corrected chi connectivity index (χ4v) is 3.61. The zero-order chi connectivity index (χ0) is 13.9. The lowest BCUT2D eigenvalue weighted by Crippen LogP contribution is -2.34. The molecule has 0 aromatic heterocycles. The van der Waals surface area contributed by atoms with E-state index in [0.29, 0.717) is 5.75 Å². The van der Waals surface area contributed by atoms with Gasteiger partial charge in [-0.25, -0.2) is 4.39 Å². The summed E-state index contributed by atoms with van der Waals surface area (Å²) in [5.41, 5.74) is 1.31. The number of methoxy groups -OCH3 is 1. The van der Waals surface area contributed by atoms with Crippen molar-refractivity contribution in [3.8, 4) is 5.75 Å². The van der Waals surface area contributed by atoms with Crippen molar-refractivity contribution >= 4 is 0 Å². The highest BCUT2D eigenvalue weighted by atomic mass is 19.1. The molecule has 0 bridgehead atoms. The molecule has 0 amide bonds. The minimum Gasteiger partial charge on any atom is -0.494 e. The van der Waals surface area contributed by atoms with Gasteiger partial charge in [0.05, 0.1) is 7.11 Å². The number of halogens is 1. The smallest absolute Gasteiger partial charge is 0.165 e. The van der Waals surface area contributed by atoms with E-state index in [2.05, 4.69) is 12.2 Å². The molecular weight excluding hydrogens is 241 g/mol. The Morgan fingerprint density at radius 3 is 2.53 bits per heavy atom. The zero-order valence-corrected chi connectivity index (χ0v) is 12.1. The second kappa shape index (κ2) is 5.91. The molecule has 0 spiro atoms. The van der Waals surface area contributed by atoms with Crippen LogP contribution in [0.2, 0.25) is 0 Å². The second-order valence-electron chi connectivity index (χ2n) is 5.54. The molecule has 1 aromatic carbocycles.